The highest BCUT2D eigenvalue weighted by atomic mass is 16.5. The lowest BCUT2D eigenvalue weighted by Crippen LogP contribution is -2.19. The number of aromatic amines is 1. The van der Waals surface area contributed by atoms with Gasteiger partial charge in [-0.1, -0.05) is 0 Å². The Morgan fingerprint density at radius 2 is 2.13 bits per heavy atom. The third-order valence-electron chi connectivity index (χ3n) is 3.87. The van der Waals surface area contributed by atoms with E-state index in [1.807, 2.05) is 32.0 Å². The van der Waals surface area contributed by atoms with Gasteiger partial charge in [-0.3, -0.25) is 9.78 Å². The number of methoxy groups -OCH3 is 1. The first-order chi connectivity index (χ1) is 10.8. The van der Waals surface area contributed by atoms with Gasteiger partial charge in [-0.05, 0) is 30.7 Å². The summed E-state index contributed by atoms with van der Waals surface area (Å²) in [6.45, 7) is 12.8. The Labute approximate surface area is 135 Å². The van der Waals surface area contributed by atoms with E-state index in [0.29, 0.717) is 23.4 Å². The average Bonchev–Trinajstić information content (AvgIpc) is 2.50. The van der Waals surface area contributed by atoms with Gasteiger partial charge >= 0.3 is 0 Å². The molecule has 0 bridgehead atoms. The second kappa shape index (κ2) is 6.13. The topological polar surface area (TPSA) is 85.4 Å². The fourth-order valence-electron chi connectivity index (χ4n) is 2.39. The van der Waals surface area contributed by atoms with Crippen molar-refractivity contribution in [1.82, 2.24) is 9.97 Å². The number of nitrogens with zero attached hydrogens (tertiary/aromatic N) is 2. The van der Waals surface area contributed by atoms with E-state index < -0.39 is 5.54 Å². The molecule has 0 saturated carbocycles. The summed E-state index contributed by atoms with van der Waals surface area (Å²) in [7, 11) is 1.58. The molecule has 2 rings (SSSR count). The number of benzene rings is 1. The molecule has 0 aliphatic rings. The number of ether oxygens (including phenoxy) is 1. The molecule has 120 valence electrons. The van der Waals surface area contributed by atoms with Crippen LogP contribution in [0.25, 0.3) is 4.85 Å². The van der Waals surface area contributed by atoms with Crippen LogP contribution in [0.4, 0.5) is 5.95 Å². The Balaban J connectivity index is 2.53. The van der Waals surface area contributed by atoms with Crippen LogP contribution in [0.2, 0.25) is 0 Å². The van der Waals surface area contributed by atoms with E-state index in [4.69, 9.17) is 17.0 Å². The van der Waals surface area contributed by atoms with Crippen LogP contribution in [-0.4, -0.2) is 17.1 Å². The van der Waals surface area contributed by atoms with Gasteiger partial charge in [0.25, 0.3) is 11.1 Å². The predicted octanol–water partition coefficient (Wildman–Crippen LogP) is 2.41. The molecular weight excluding hydrogens is 292 g/mol. The van der Waals surface area contributed by atoms with Crippen molar-refractivity contribution < 1.29 is 4.74 Å². The molecular formula is C17H20N4O2. The van der Waals surface area contributed by atoms with Crippen molar-refractivity contribution in [3.05, 3.63) is 62.4 Å². The number of H-pyrrole nitrogens is 1. The van der Waals surface area contributed by atoms with E-state index in [-0.39, 0.29) is 11.5 Å². The third kappa shape index (κ3) is 3.34. The van der Waals surface area contributed by atoms with Crippen molar-refractivity contribution in [3.63, 3.8) is 0 Å². The summed E-state index contributed by atoms with van der Waals surface area (Å²) in [4.78, 5) is 22.4. The molecule has 0 unspecified atom stereocenters. The lowest BCUT2D eigenvalue weighted by atomic mass is 9.91. The van der Waals surface area contributed by atoms with Crippen molar-refractivity contribution in [2.45, 2.75) is 32.7 Å². The van der Waals surface area contributed by atoms with Crippen LogP contribution in [0.1, 0.15) is 36.2 Å². The minimum atomic E-state index is -0.637. The molecule has 0 amide bonds. The van der Waals surface area contributed by atoms with E-state index in [9.17, 15) is 4.79 Å². The van der Waals surface area contributed by atoms with Crippen LogP contribution < -0.4 is 16.0 Å². The molecule has 0 atom stereocenters. The zero-order chi connectivity index (χ0) is 17.2. The molecule has 0 aliphatic heterocycles. The molecule has 0 radical (unpaired) electrons. The van der Waals surface area contributed by atoms with Crippen molar-refractivity contribution in [2.24, 2.45) is 0 Å². The van der Waals surface area contributed by atoms with Gasteiger partial charge in [0.15, 0.2) is 0 Å². The molecule has 0 spiro atoms. The molecule has 6 nitrogen and oxygen atoms in total. The fourth-order valence-corrected chi connectivity index (χ4v) is 2.39. The zero-order valence-electron chi connectivity index (χ0n) is 13.7. The van der Waals surface area contributed by atoms with Crippen LogP contribution >= 0.6 is 0 Å². The smallest absolute Gasteiger partial charge is 0.256 e. The van der Waals surface area contributed by atoms with Crippen molar-refractivity contribution in [2.75, 3.05) is 12.8 Å². The summed E-state index contributed by atoms with van der Waals surface area (Å²) in [6.07, 6.45) is 0.361. The maximum atomic E-state index is 12.1. The molecule has 0 fully saturated rings. The van der Waals surface area contributed by atoms with Gasteiger partial charge in [0.2, 0.25) is 5.95 Å². The SMILES string of the molecule is [C-]#[N+]C(C)(C)c1ccc(OC)c(Cc2c(C)nc(N)[nH]c2=O)c1. The minimum absolute atomic E-state index is 0.103. The number of rotatable bonds is 4. The van der Waals surface area contributed by atoms with E-state index in [0.717, 1.165) is 11.1 Å². The summed E-state index contributed by atoms with van der Waals surface area (Å²) in [5, 5.41) is 0. The van der Waals surface area contributed by atoms with Crippen molar-refractivity contribution in [1.29, 1.82) is 0 Å². The molecule has 1 aromatic carbocycles. The second-order valence-electron chi connectivity index (χ2n) is 5.89. The van der Waals surface area contributed by atoms with Crippen molar-refractivity contribution in [3.8, 4) is 5.75 Å². The van der Waals surface area contributed by atoms with E-state index in [1.165, 1.54) is 0 Å². The summed E-state index contributed by atoms with van der Waals surface area (Å²) in [5.41, 5.74) is 7.49. The minimum Gasteiger partial charge on any atom is -0.496 e. The number of hydrogen-bond acceptors (Lipinski definition) is 4. The Hall–Kier alpha value is -2.81. The number of hydrogen-bond donors (Lipinski definition) is 2. The number of nitrogens with two attached hydrogens (primary N) is 1. The van der Waals surface area contributed by atoms with Gasteiger partial charge in [0.05, 0.1) is 12.8 Å². The third-order valence-corrected chi connectivity index (χ3v) is 3.87. The van der Waals surface area contributed by atoms with Gasteiger partial charge in [-0.2, -0.15) is 0 Å². The summed E-state index contributed by atoms with van der Waals surface area (Å²) in [6, 6.07) is 5.61. The molecule has 23 heavy (non-hydrogen) atoms. The maximum Gasteiger partial charge on any atom is 0.256 e. The van der Waals surface area contributed by atoms with Gasteiger partial charge in [0, 0.05) is 31.4 Å². The van der Waals surface area contributed by atoms with Crippen molar-refractivity contribution >= 4 is 5.95 Å². The Morgan fingerprint density at radius 1 is 1.43 bits per heavy atom. The molecule has 0 saturated heterocycles. The highest BCUT2D eigenvalue weighted by molar-refractivity contribution is 5.43. The lowest BCUT2D eigenvalue weighted by molar-refractivity contribution is 0.410. The molecule has 1 aromatic heterocycles. The highest BCUT2D eigenvalue weighted by Gasteiger charge is 2.27. The first-order valence-electron chi connectivity index (χ1n) is 7.19. The number of nitrogen functional groups attached to an aromatic ring is 1. The van der Waals surface area contributed by atoms with E-state index in [2.05, 4.69) is 14.8 Å². The maximum absolute atomic E-state index is 12.1. The zero-order valence-corrected chi connectivity index (χ0v) is 13.7. The predicted molar refractivity (Wildman–Crippen MR) is 89.4 cm³/mol. The van der Waals surface area contributed by atoms with E-state index in [1.54, 1.807) is 14.0 Å². The first kappa shape index (κ1) is 16.6. The summed E-state index contributed by atoms with van der Waals surface area (Å²) < 4.78 is 5.39. The van der Waals surface area contributed by atoms with Crippen LogP contribution in [0.3, 0.4) is 0 Å². The molecule has 3 N–H and O–H groups in total. The quantitative estimate of drug-likeness (QED) is 0.849. The number of aromatic nitrogens is 2. The number of anilines is 1. The normalized spacial score (nSPS) is 11.1. The standard InChI is InChI=1S/C17H20N4O2/c1-10-13(15(22)21-16(18)20-10)9-11-8-12(17(2,3)19-4)6-7-14(11)23-5/h6-8H,9H2,1-3,5H3,(H3,18,20,21,22). The monoisotopic (exact) mass is 312 g/mol. The van der Waals surface area contributed by atoms with Crippen LogP contribution in [0.15, 0.2) is 23.0 Å². The van der Waals surface area contributed by atoms with E-state index >= 15 is 0 Å². The second-order valence-corrected chi connectivity index (χ2v) is 5.89. The van der Waals surface area contributed by atoms with Gasteiger partial charge in [-0.25, -0.2) is 11.6 Å². The first-order valence-corrected chi connectivity index (χ1v) is 7.19. The number of aryl methyl sites for hydroxylation is 1. The molecule has 1 heterocycles. The van der Waals surface area contributed by atoms with Crippen LogP contribution in [0.5, 0.6) is 5.75 Å². The summed E-state index contributed by atoms with van der Waals surface area (Å²) in [5.74, 6) is 0.774. The molecule has 2 aromatic rings. The Morgan fingerprint density at radius 3 is 2.70 bits per heavy atom. The largest absolute Gasteiger partial charge is 0.496 e. The number of nitrogens with one attached hydrogen (secondary N) is 1. The average molecular weight is 312 g/mol. The van der Waals surface area contributed by atoms with Crippen LogP contribution in [0, 0.1) is 13.5 Å². The van der Waals surface area contributed by atoms with Crippen LogP contribution in [-0.2, 0) is 12.0 Å². The fraction of sp³-hybridized carbons (Fsp3) is 0.353. The summed E-state index contributed by atoms with van der Waals surface area (Å²) >= 11 is 0. The van der Waals surface area contributed by atoms with Gasteiger partial charge in [0.1, 0.15) is 5.75 Å². The Kier molecular flexibility index (Phi) is 4.41. The van der Waals surface area contributed by atoms with Gasteiger partial charge in [-0.15, -0.1) is 0 Å². The molecule has 0 aliphatic carbocycles. The highest BCUT2D eigenvalue weighted by Crippen LogP contribution is 2.30. The lowest BCUT2D eigenvalue weighted by Gasteiger charge is -2.16. The Bertz CT molecular complexity index is 831. The molecule has 6 heteroatoms. The van der Waals surface area contributed by atoms with Gasteiger partial charge < -0.3 is 15.3 Å².